The molecule has 2 N–H and O–H groups in total. The average molecular weight is 356 g/mol. The quantitative estimate of drug-likeness (QED) is 0.646. The third-order valence-corrected chi connectivity index (χ3v) is 5.22. The number of esters is 1. The smallest absolute Gasteiger partial charge is 0.352 e. The van der Waals surface area contributed by atoms with Crippen LogP contribution in [-0.2, 0) is 14.3 Å². The van der Waals surface area contributed by atoms with Gasteiger partial charge in [-0.1, -0.05) is 35.5 Å². The lowest BCUT2D eigenvalue weighted by atomic mass is 10.1. The third-order valence-electron chi connectivity index (χ3n) is 3.90. The Bertz CT molecular complexity index is 820. The first kappa shape index (κ1) is 17.4. The molecule has 2 aromatic rings. The predicted octanol–water partition coefficient (Wildman–Crippen LogP) is 3.72. The van der Waals surface area contributed by atoms with Crippen LogP contribution in [0.5, 0.6) is 0 Å². The number of thioether (sulfide) groups is 1. The van der Waals surface area contributed by atoms with Gasteiger partial charge in [-0.3, -0.25) is 4.79 Å². The molecule has 5 nitrogen and oxygen atoms in total. The van der Waals surface area contributed by atoms with Crippen molar-refractivity contribution in [2.45, 2.75) is 30.5 Å². The van der Waals surface area contributed by atoms with E-state index in [-0.39, 0.29) is 6.61 Å². The van der Waals surface area contributed by atoms with E-state index < -0.39 is 16.7 Å². The van der Waals surface area contributed by atoms with Crippen LogP contribution in [0.2, 0.25) is 0 Å². The van der Waals surface area contributed by atoms with Crippen molar-refractivity contribution in [1.29, 1.82) is 0 Å². The summed E-state index contributed by atoms with van der Waals surface area (Å²) in [4.78, 5) is 24.8. The maximum atomic E-state index is 12.9. The molecule has 0 aliphatic carbocycles. The highest BCUT2D eigenvalue weighted by atomic mass is 32.2. The van der Waals surface area contributed by atoms with Crippen molar-refractivity contribution in [3.05, 3.63) is 53.6 Å². The van der Waals surface area contributed by atoms with Gasteiger partial charge in [-0.2, -0.15) is 0 Å². The largest absolute Gasteiger partial charge is 0.463 e. The second-order valence-corrected chi connectivity index (χ2v) is 7.20. The number of rotatable bonds is 4. The molecule has 3 rings (SSSR count). The number of aryl methyl sites for hydroxylation is 2. The standard InChI is InChI=1S/C19H20N2O3S/c1-4-24-18(23)19(21-14-8-5-12(2)6-9-14)17(22)20-15-10-7-13(3)11-16(15)25-19/h5-11,21H,4H2,1-3H3,(H,20,22). The minimum atomic E-state index is -1.56. The molecule has 1 aliphatic heterocycles. The Labute approximate surface area is 151 Å². The summed E-state index contributed by atoms with van der Waals surface area (Å²) in [5.74, 6) is -1.04. The molecule has 0 spiro atoms. The zero-order chi connectivity index (χ0) is 18.0. The highest BCUT2D eigenvalue weighted by molar-refractivity contribution is 8.02. The van der Waals surface area contributed by atoms with Crippen LogP contribution >= 0.6 is 11.8 Å². The fourth-order valence-electron chi connectivity index (χ4n) is 2.58. The SMILES string of the molecule is CCOC(=O)C1(Nc2ccc(C)cc2)Sc2cc(C)ccc2NC1=O. The molecular formula is C19H20N2O3S. The second kappa shape index (κ2) is 6.80. The van der Waals surface area contributed by atoms with Crippen molar-refractivity contribution in [2.24, 2.45) is 0 Å². The van der Waals surface area contributed by atoms with E-state index in [1.165, 1.54) is 11.8 Å². The Morgan fingerprint density at radius 3 is 2.52 bits per heavy atom. The molecule has 1 atom stereocenters. The van der Waals surface area contributed by atoms with Crippen molar-refractivity contribution in [3.8, 4) is 0 Å². The zero-order valence-electron chi connectivity index (χ0n) is 14.4. The molecule has 1 aliphatic rings. The first-order valence-electron chi connectivity index (χ1n) is 8.08. The van der Waals surface area contributed by atoms with Gasteiger partial charge in [0.1, 0.15) is 0 Å². The van der Waals surface area contributed by atoms with Gasteiger partial charge in [-0.05, 0) is 50.6 Å². The molecule has 0 bridgehead atoms. The van der Waals surface area contributed by atoms with Gasteiger partial charge in [0, 0.05) is 10.6 Å². The zero-order valence-corrected chi connectivity index (χ0v) is 15.2. The number of fused-ring (bicyclic) bond motifs is 1. The van der Waals surface area contributed by atoms with E-state index >= 15 is 0 Å². The molecule has 0 saturated heterocycles. The van der Waals surface area contributed by atoms with Crippen LogP contribution in [0.1, 0.15) is 18.1 Å². The molecule has 1 amide bonds. The monoisotopic (exact) mass is 356 g/mol. The molecule has 0 saturated carbocycles. The fourth-order valence-corrected chi connectivity index (χ4v) is 3.84. The van der Waals surface area contributed by atoms with Gasteiger partial charge in [-0.25, -0.2) is 4.79 Å². The minimum absolute atomic E-state index is 0.199. The van der Waals surface area contributed by atoms with Crippen LogP contribution < -0.4 is 10.6 Å². The number of hydrogen-bond acceptors (Lipinski definition) is 5. The van der Waals surface area contributed by atoms with E-state index in [0.29, 0.717) is 11.4 Å². The summed E-state index contributed by atoms with van der Waals surface area (Å²) in [5.41, 5.74) is 3.52. The van der Waals surface area contributed by atoms with Gasteiger partial charge in [0.2, 0.25) is 0 Å². The Balaban J connectivity index is 2.03. The molecule has 1 unspecified atom stereocenters. The summed E-state index contributed by atoms with van der Waals surface area (Å²) in [6.45, 7) is 5.87. The lowest BCUT2D eigenvalue weighted by Gasteiger charge is -2.35. The van der Waals surface area contributed by atoms with Gasteiger partial charge in [-0.15, -0.1) is 0 Å². The minimum Gasteiger partial charge on any atom is -0.463 e. The number of anilines is 2. The summed E-state index contributed by atoms with van der Waals surface area (Å²) in [7, 11) is 0. The van der Waals surface area contributed by atoms with Crippen LogP contribution in [0.3, 0.4) is 0 Å². The number of nitrogens with one attached hydrogen (secondary N) is 2. The number of carbonyl (C=O) groups is 2. The van der Waals surface area contributed by atoms with E-state index in [4.69, 9.17) is 4.74 Å². The molecule has 1 heterocycles. The van der Waals surface area contributed by atoms with Crippen LogP contribution in [0.25, 0.3) is 0 Å². The predicted molar refractivity (Wildman–Crippen MR) is 99.8 cm³/mol. The van der Waals surface area contributed by atoms with Gasteiger partial charge >= 0.3 is 5.97 Å². The molecule has 6 heteroatoms. The summed E-state index contributed by atoms with van der Waals surface area (Å²) in [5, 5.41) is 5.92. The number of ether oxygens (including phenoxy) is 1. The van der Waals surface area contributed by atoms with Crippen molar-refractivity contribution >= 4 is 35.0 Å². The van der Waals surface area contributed by atoms with Crippen LogP contribution in [0, 0.1) is 13.8 Å². The Morgan fingerprint density at radius 2 is 1.84 bits per heavy atom. The van der Waals surface area contributed by atoms with E-state index in [9.17, 15) is 9.59 Å². The maximum Gasteiger partial charge on any atom is 0.352 e. The number of amides is 1. The lowest BCUT2D eigenvalue weighted by molar-refractivity contribution is -0.147. The number of hydrogen-bond donors (Lipinski definition) is 2. The summed E-state index contributed by atoms with van der Waals surface area (Å²) < 4.78 is 5.21. The second-order valence-electron chi connectivity index (χ2n) is 5.95. The van der Waals surface area contributed by atoms with E-state index in [0.717, 1.165) is 16.0 Å². The first-order chi connectivity index (χ1) is 11.9. The topological polar surface area (TPSA) is 67.4 Å². The normalized spacial score (nSPS) is 18.9. The van der Waals surface area contributed by atoms with Gasteiger partial charge in [0.25, 0.3) is 10.8 Å². The van der Waals surface area contributed by atoms with Crippen molar-refractivity contribution in [3.63, 3.8) is 0 Å². The van der Waals surface area contributed by atoms with Crippen LogP contribution in [-0.4, -0.2) is 23.4 Å². The van der Waals surface area contributed by atoms with Crippen molar-refractivity contribution in [1.82, 2.24) is 0 Å². The summed E-state index contributed by atoms with van der Waals surface area (Å²) in [6.07, 6.45) is 0. The molecule has 2 aromatic carbocycles. The first-order valence-corrected chi connectivity index (χ1v) is 8.89. The lowest BCUT2D eigenvalue weighted by Crippen LogP contribution is -2.55. The molecule has 0 aromatic heterocycles. The van der Waals surface area contributed by atoms with E-state index in [2.05, 4.69) is 10.6 Å². The highest BCUT2D eigenvalue weighted by Gasteiger charge is 2.52. The molecule has 0 radical (unpaired) electrons. The van der Waals surface area contributed by atoms with Gasteiger partial charge < -0.3 is 15.4 Å². The van der Waals surface area contributed by atoms with Crippen molar-refractivity contribution in [2.75, 3.05) is 17.2 Å². The van der Waals surface area contributed by atoms with Gasteiger partial charge in [0.05, 0.1) is 12.3 Å². The summed E-state index contributed by atoms with van der Waals surface area (Å²) in [6, 6.07) is 13.2. The fraction of sp³-hybridized carbons (Fsp3) is 0.263. The van der Waals surface area contributed by atoms with Gasteiger partial charge in [0.15, 0.2) is 0 Å². The molecule has 130 valence electrons. The van der Waals surface area contributed by atoms with E-state index in [1.807, 2.05) is 56.3 Å². The number of benzene rings is 2. The Morgan fingerprint density at radius 1 is 1.16 bits per heavy atom. The van der Waals surface area contributed by atoms with Crippen LogP contribution in [0.4, 0.5) is 11.4 Å². The Kier molecular flexibility index (Phi) is 4.72. The molecular weight excluding hydrogens is 336 g/mol. The summed E-state index contributed by atoms with van der Waals surface area (Å²) >= 11 is 1.18. The third kappa shape index (κ3) is 3.35. The van der Waals surface area contributed by atoms with Crippen LogP contribution in [0.15, 0.2) is 47.4 Å². The molecule has 0 fully saturated rings. The van der Waals surface area contributed by atoms with Crippen molar-refractivity contribution < 1.29 is 14.3 Å². The van der Waals surface area contributed by atoms with E-state index in [1.54, 1.807) is 6.92 Å². The Hall–Kier alpha value is -2.47. The highest BCUT2D eigenvalue weighted by Crippen LogP contribution is 2.44. The average Bonchev–Trinajstić information content (AvgIpc) is 2.58. The maximum absolute atomic E-state index is 12.9. The molecule has 25 heavy (non-hydrogen) atoms. The number of carbonyl (C=O) groups excluding carboxylic acids is 2.